The van der Waals surface area contributed by atoms with Gasteiger partial charge in [-0.2, -0.15) is 0 Å². The van der Waals surface area contributed by atoms with Gasteiger partial charge >= 0.3 is 0 Å². The summed E-state index contributed by atoms with van der Waals surface area (Å²) in [5.41, 5.74) is 1.07. The first-order valence-electron chi connectivity index (χ1n) is 5.57. The first-order valence-corrected chi connectivity index (χ1v) is 7.69. The number of allylic oxidation sites excluding steroid dienone is 1. The highest BCUT2D eigenvalue weighted by Gasteiger charge is 2.06. The van der Waals surface area contributed by atoms with E-state index >= 15 is 0 Å². The van der Waals surface area contributed by atoms with Gasteiger partial charge in [0.15, 0.2) is 0 Å². The second-order valence-electron chi connectivity index (χ2n) is 3.99. The zero-order chi connectivity index (χ0) is 11.0. The molecule has 0 aliphatic rings. The van der Waals surface area contributed by atoms with Gasteiger partial charge in [-0.1, -0.05) is 32.4 Å². The van der Waals surface area contributed by atoms with Gasteiger partial charge in [0.25, 0.3) is 0 Å². The highest BCUT2D eigenvalue weighted by atomic mass is 31.1. The minimum absolute atomic E-state index is 0.521. The maximum atomic E-state index is 13.0. The molecule has 2 heteroatoms. The summed E-state index contributed by atoms with van der Waals surface area (Å²) < 4.78 is 13.0. The van der Waals surface area contributed by atoms with Crippen molar-refractivity contribution in [1.82, 2.24) is 0 Å². The van der Waals surface area contributed by atoms with E-state index in [-0.39, 0.29) is 0 Å². The van der Waals surface area contributed by atoms with Crippen molar-refractivity contribution in [2.75, 3.05) is 12.3 Å². The molecule has 0 heterocycles. The molecular formula is C12H24FP. The molecule has 84 valence electrons. The molecule has 2 unspecified atom stereocenters. The quantitative estimate of drug-likeness (QED) is 0.424. The molecule has 0 aromatic rings. The van der Waals surface area contributed by atoms with Crippen molar-refractivity contribution >= 4 is 13.8 Å². The van der Waals surface area contributed by atoms with Crippen molar-refractivity contribution in [3.63, 3.8) is 0 Å². The lowest BCUT2D eigenvalue weighted by molar-refractivity contribution is 0.323. The lowest BCUT2D eigenvalue weighted by Gasteiger charge is -2.10. The van der Waals surface area contributed by atoms with Crippen LogP contribution in [0.2, 0.25) is 0 Å². The van der Waals surface area contributed by atoms with Crippen molar-refractivity contribution in [2.24, 2.45) is 0 Å². The largest absolute Gasteiger partial charge is 0.247 e. The zero-order valence-corrected chi connectivity index (χ0v) is 10.6. The van der Waals surface area contributed by atoms with E-state index in [0.717, 1.165) is 11.7 Å². The van der Waals surface area contributed by atoms with E-state index < -0.39 is 13.7 Å². The van der Waals surface area contributed by atoms with Gasteiger partial charge in [0.05, 0.1) is 0 Å². The summed E-state index contributed by atoms with van der Waals surface area (Å²) in [4.78, 5) is 0. The molecule has 0 fully saturated rings. The van der Waals surface area contributed by atoms with Gasteiger partial charge in [-0.15, -0.1) is 13.8 Å². The SMILES string of the molecule is C=C(CC(F)CC)C[PH](=C)CCCC. The molecule has 14 heavy (non-hydrogen) atoms. The van der Waals surface area contributed by atoms with Crippen LogP contribution in [-0.4, -0.2) is 24.8 Å². The summed E-state index contributed by atoms with van der Waals surface area (Å²) >= 11 is 0. The molecule has 0 saturated heterocycles. The van der Waals surface area contributed by atoms with Crippen LogP contribution in [0.3, 0.4) is 0 Å². The zero-order valence-electron chi connectivity index (χ0n) is 9.61. The van der Waals surface area contributed by atoms with Crippen LogP contribution in [-0.2, 0) is 0 Å². The number of hydrogen-bond acceptors (Lipinski definition) is 0. The molecule has 0 radical (unpaired) electrons. The first-order chi connectivity index (χ1) is 6.60. The van der Waals surface area contributed by atoms with Crippen LogP contribution in [0, 0.1) is 0 Å². The lowest BCUT2D eigenvalue weighted by atomic mass is 10.1. The van der Waals surface area contributed by atoms with E-state index in [2.05, 4.69) is 19.8 Å². The monoisotopic (exact) mass is 218 g/mol. The molecule has 0 aromatic heterocycles. The van der Waals surface area contributed by atoms with Crippen molar-refractivity contribution in [2.45, 2.75) is 45.7 Å². The Kier molecular flexibility index (Phi) is 8.27. The standard InChI is InChI=1S/C12H24FP/c1-5-7-8-14(4)10-11(3)9-12(13)6-2/h12,14H,3-10H2,1-2H3. The van der Waals surface area contributed by atoms with Crippen LogP contribution in [0.25, 0.3) is 0 Å². The van der Waals surface area contributed by atoms with Gasteiger partial charge in [-0.3, -0.25) is 0 Å². The second kappa shape index (κ2) is 8.29. The van der Waals surface area contributed by atoms with Gasteiger partial charge in [0.2, 0.25) is 0 Å². The van der Waals surface area contributed by atoms with E-state index in [1.807, 2.05) is 6.92 Å². The Morgan fingerprint density at radius 3 is 2.57 bits per heavy atom. The van der Waals surface area contributed by atoms with E-state index in [0.29, 0.717) is 12.8 Å². The van der Waals surface area contributed by atoms with Crippen LogP contribution in [0.4, 0.5) is 4.39 Å². The van der Waals surface area contributed by atoms with E-state index in [4.69, 9.17) is 0 Å². The third-order valence-electron chi connectivity index (χ3n) is 2.34. The minimum atomic E-state index is -0.691. The Bertz CT molecular complexity index is 187. The Morgan fingerprint density at radius 2 is 2.07 bits per heavy atom. The van der Waals surface area contributed by atoms with Crippen molar-refractivity contribution in [3.05, 3.63) is 12.2 Å². The van der Waals surface area contributed by atoms with E-state index in [1.165, 1.54) is 19.0 Å². The molecule has 0 bridgehead atoms. The smallest absolute Gasteiger partial charge is 0.104 e. The highest BCUT2D eigenvalue weighted by molar-refractivity contribution is 7.56. The Morgan fingerprint density at radius 1 is 1.43 bits per heavy atom. The maximum Gasteiger partial charge on any atom is 0.104 e. The van der Waals surface area contributed by atoms with Crippen LogP contribution >= 0.6 is 7.55 Å². The average Bonchev–Trinajstić information content (AvgIpc) is 2.14. The van der Waals surface area contributed by atoms with Gasteiger partial charge in [0, 0.05) is 0 Å². The topological polar surface area (TPSA) is 0 Å². The molecule has 0 amide bonds. The van der Waals surface area contributed by atoms with Gasteiger partial charge in [0.1, 0.15) is 6.17 Å². The second-order valence-corrected chi connectivity index (χ2v) is 6.34. The third kappa shape index (κ3) is 7.38. The van der Waals surface area contributed by atoms with Gasteiger partial charge in [-0.05, 0) is 31.6 Å². The van der Waals surface area contributed by atoms with Crippen molar-refractivity contribution < 1.29 is 4.39 Å². The molecule has 0 N–H and O–H groups in total. The molecule has 0 spiro atoms. The summed E-state index contributed by atoms with van der Waals surface area (Å²) in [5.74, 6) is 0. The summed E-state index contributed by atoms with van der Waals surface area (Å²) in [5, 5.41) is 0. The predicted molar refractivity (Wildman–Crippen MR) is 69.0 cm³/mol. The van der Waals surface area contributed by atoms with Crippen molar-refractivity contribution in [1.29, 1.82) is 0 Å². The first kappa shape index (κ1) is 14.0. The predicted octanol–water partition coefficient (Wildman–Crippen LogP) is 4.13. The average molecular weight is 218 g/mol. The van der Waals surface area contributed by atoms with Gasteiger partial charge in [-0.25, -0.2) is 4.39 Å². The van der Waals surface area contributed by atoms with Gasteiger partial charge < -0.3 is 0 Å². The molecule has 0 nitrogen and oxygen atoms in total. The number of unbranched alkanes of at least 4 members (excludes halogenated alkanes) is 1. The van der Waals surface area contributed by atoms with Crippen LogP contribution in [0.5, 0.6) is 0 Å². The Labute approximate surface area is 89.0 Å². The Hall–Kier alpha value is -0.0300. The van der Waals surface area contributed by atoms with Crippen LogP contribution in [0.1, 0.15) is 39.5 Å². The summed E-state index contributed by atoms with van der Waals surface area (Å²) in [7, 11) is -0.521. The molecule has 0 saturated carbocycles. The summed E-state index contributed by atoms with van der Waals surface area (Å²) in [6.45, 7) is 8.01. The highest BCUT2D eigenvalue weighted by Crippen LogP contribution is 2.26. The summed E-state index contributed by atoms with van der Waals surface area (Å²) in [6.07, 6.45) is 9.35. The number of hydrogen-bond donors (Lipinski definition) is 0. The third-order valence-corrected chi connectivity index (χ3v) is 4.40. The molecule has 0 aromatic carbocycles. The number of halogens is 1. The molecular weight excluding hydrogens is 194 g/mol. The van der Waals surface area contributed by atoms with E-state index in [1.54, 1.807) is 0 Å². The Balaban J connectivity index is 3.66. The fourth-order valence-corrected chi connectivity index (χ4v) is 3.28. The maximum absolute atomic E-state index is 13.0. The number of rotatable bonds is 8. The normalized spacial score (nSPS) is 15.1. The molecule has 0 aliphatic heterocycles. The summed E-state index contributed by atoms with van der Waals surface area (Å²) in [6, 6.07) is 0. The number of alkyl halides is 1. The van der Waals surface area contributed by atoms with Crippen LogP contribution in [0.15, 0.2) is 12.2 Å². The minimum Gasteiger partial charge on any atom is -0.247 e. The molecule has 0 rings (SSSR count). The fraction of sp³-hybridized carbons (Fsp3) is 0.750. The van der Waals surface area contributed by atoms with Crippen molar-refractivity contribution in [3.8, 4) is 0 Å². The van der Waals surface area contributed by atoms with Crippen LogP contribution < -0.4 is 0 Å². The molecule has 2 atom stereocenters. The molecule has 0 aliphatic carbocycles. The fourth-order valence-electron chi connectivity index (χ4n) is 1.40. The van der Waals surface area contributed by atoms with E-state index in [9.17, 15) is 4.39 Å². The lowest BCUT2D eigenvalue weighted by Crippen LogP contribution is -2.01.